The summed E-state index contributed by atoms with van der Waals surface area (Å²) in [4.78, 5) is 11.4. The first-order chi connectivity index (χ1) is 12.7. The van der Waals surface area contributed by atoms with Gasteiger partial charge in [-0.05, 0) is 0 Å². The lowest BCUT2D eigenvalue weighted by molar-refractivity contribution is -0.344. The van der Waals surface area contributed by atoms with Gasteiger partial charge in [0.15, 0.2) is 12.6 Å². The number of rotatable bonds is 6. The summed E-state index contributed by atoms with van der Waals surface area (Å²) in [6, 6.07) is -1.25. The van der Waals surface area contributed by atoms with Gasteiger partial charge >= 0.3 is 0 Å². The Kier molecular flexibility index (Phi) is 7.88. The fourth-order valence-corrected chi connectivity index (χ4v) is 3.15. The number of hydrogen-bond donors (Lipinski definition) is 7. The normalized spacial score (nSPS) is 45.5. The van der Waals surface area contributed by atoms with Gasteiger partial charge in [0, 0.05) is 14.0 Å². The second-order valence-electron chi connectivity index (χ2n) is 6.48. The summed E-state index contributed by atoms with van der Waals surface area (Å²) in [7, 11) is 1.25. The molecule has 2 saturated heterocycles. The number of carbonyl (C=O) groups is 1. The van der Waals surface area contributed by atoms with Crippen LogP contribution >= 0.6 is 0 Å². The first-order valence-corrected chi connectivity index (χ1v) is 8.45. The smallest absolute Gasteiger partial charge is 0.217 e. The highest BCUT2D eigenvalue weighted by atomic mass is 16.7. The molecule has 0 spiro atoms. The monoisotopic (exact) mass is 397 g/mol. The number of aliphatic hydroxyl groups excluding tert-OH is 6. The molecule has 12 heteroatoms. The number of amides is 1. The topological polar surface area (TPSA) is 187 Å². The predicted octanol–water partition coefficient (Wildman–Crippen LogP) is -4.60. The SMILES string of the molecule is CO[C@H]1O[C@@H](CO)[C@H](O)[C@@H](O[C@@H]2O[C@H](CO)[C@H](O)[C@@H](O)[C@@H]2NC(C)=O)[C@@H]1O. The molecule has 0 saturated carbocycles. The van der Waals surface area contributed by atoms with Crippen LogP contribution in [0.1, 0.15) is 6.92 Å². The van der Waals surface area contributed by atoms with E-state index in [-0.39, 0.29) is 0 Å². The van der Waals surface area contributed by atoms with Crippen molar-refractivity contribution in [3.63, 3.8) is 0 Å². The molecular formula is C15H27NO11. The number of aliphatic hydroxyl groups is 6. The Morgan fingerprint density at radius 1 is 0.926 bits per heavy atom. The van der Waals surface area contributed by atoms with Crippen LogP contribution in [0, 0.1) is 0 Å². The van der Waals surface area contributed by atoms with Crippen LogP contribution < -0.4 is 5.32 Å². The molecule has 2 fully saturated rings. The van der Waals surface area contributed by atoms with E-state index in [9.17, 15) is 35.4 Å². The molecule has 0 bridgehead atoms. The van der Waals surface area contributed by atoms with Crippen molar-refractivity contribution in [2.45, 2.75) is 68.3 Å². The van der Waals surface area contributed by atoms with Crippen molar-refractivity contribution in [1.82, 2.24) is 5.32 Å². The summed E-state index contributed by atoms with van der Waals surface area (Å²) < 4.78 is 21.2. The first kappa shape index (κ1) is 22.4. The van der Waals surface area contributed by atoms with E-state index in [4.69, 9.17) is 18.9 Å². The third-order valence-electron chi connectivity index (χ3n) is 4.60. The number of nitrogens with one attached hydrogen (secondary N) is 1. The Bertz CT molecular complexity index is 478. The molecule has 0 radical (unpaired) electrons. The van der Waals surface area contributed by atoms with Gasteiger partial charge in [0.05, 0.1) is 13.2 Å². The molecule has 2 rings (SSSR count). The van der Waals surface area contributed by atoms with Crippen molar-refractivity contribution in [2.24, 2.45) is 0 Å². The molecule has 2 aliphatic heterocycles. The molecule has 27 heavy (non-hydrogen) atoms. The summed E-state index contributed by atoms with van der Waals surface area (Å²) in [6.45, 7) is -0.0617. The van der Waals surface area contributed by atoms with Crippen molar-refractivity contribution in [2.75, 3.05) is 20.3 Å². The van der Waals surface area contributed by atoms with Gasteiger partial charge in [0.2, 0.25) is 5.91 Å². The zero-order valence-corrected chi connectivity index (χ0v) is 14.9. The highest BCUT2D eigenvalue weighted by Crippen LogP contribution is 2.29. The minimum absolute atomic E-state index is 0.554. The van der Waals surface area contributed by atoms with Crippen molar-refractivity contribution < 1.29 is 54.4 Å². The molecule has 2 aliphatic rings. The Labute approximate surface area is 155 Å². The Balaban J connectivity index is 2.24. The van der Waals surface area contributed by atoms with Gasteiger partial charge in [0.1, 0.15) is 48.8 Å². The summed E-state index contributed by atoms with van der Waals surface area (Å²) in [5, 5.41) is 61.9. The van der Waals surface area contributed by atoms with Crippen molar-refractivity contribution >= 4 is 5.91 Å². The molecule has 7 N–H and O–H groups in total. The zero-order valence-electron chi connectivity index (χ0n) is 14.9. The van der Waals surface area contributed by atoms with E-state index in [0.717, 1.165) is 0 Å². The van der Waals surface area contributed by atoms with Crippen LogP contribution in [0.4, 0.5) is 0 Å². The van der Waals surface area contributed by atoms with Crippen molar-refractivity contribution in [1.29, 1.82) is 0 Å². The van der Waals surface area contributed by atoms with Crippen LogP contribution in [0.5, 0.6) is 0 Å². The maximum atomic E-state index is 11.4. The van der Waals surface area contributed by atoms with Gasteiger partial charge in [-0.1, -0.05) is 0 Å². The molecule has 0 aliphatic carbocycles. The van der Waals surface area contributed by atoms with Crippen molar-refractivity contribution in [3.8, 4) is 0 Å². The fraction of sp³-hybridized carbons (Fsp3) is 0.933. The third-order valence-corrected chi connectivity index (χ3v) is 4.60. The maximum absolute atomic E-state index is 11.4. The van der Waals surface area contributed by atoms with Gasteiger partial charge in [-0.2, -0.15) is 0 Å². The molecule has 158 valence electrons. The predicted molar refractivity (Wildman–Crippen MR) is 85.0 cm³/mol. The lowest BCUT2D eigenvalue weighted by Crippen LogP contribution is -2.67. The number of carbonyl (C=O) groups excluding carboxylic acids is 1. The van der Waals surface area contributed by atoms with E-state index in [0.29, 0.717) is 0 Å². The number of hydrogen-bond acceptors (Lipinski definition) is 11. The molecule has 0 aromatic heterocycles. The maximum Gasteiger partial charge on any atom is 0.217 e. The van der Waals surface area contributed by atoms with Crippen LogP contribution in [0.2, 0.25) is 0 Å². The average Bonchev–Trinajstić information content (AvgIpc) is 2.64. The Hall–Kier alpha value is -0.930. The van der Waals surface area contributed by atoms with Crippen LogP contribution in [0.25, 0.3) is 0 Å². The van der Waals surface area contributed by atoms with E-state index in [1.54, 1.807) is 0 Å². The largest absolute Gasteiger partial charge is 0.394 e. The van der Waals surface area contributed by atoms with Crippen molar-refractivity contribution in [3.05, 3.63) is 0 Å². The molecule has 2 heterocycles. The first-order valence-electron chi connectivity index (χ1n) is 8.45. The van der Waals surface area contributed by atoms with E-state index < -0.39 is 80.5 Å². The lowest BCUT2D eigenvalue weighted by atomic mass is 9.95. The van der Waals surface area contributed by atoms with Gasteiger partial charge in [-0.15, -0.1) is 0 Å². The van der Waals surface area contributed by atoms with Gasteiger partial charge < -0.3 is 54.9 Å². The summed E-state index contributed by atoms with van der Waals surface area (Å²) in [5.41, 5.74) is 0. The molecule has 0 unspecified atom stereocenters. The van der Waals surface area contributed by atoms with Gasteiger partial charge in [-0.3, -0.25) is 4.79 Å². The molecular weight excluding hydrogens is 370 g/mol. The van der Waals surface area contributed by atoms with E-state index >= 15 is 0 Å². The number of methoxy groups -OCH3 is 1. The standard InChI is InChI=1S/C15H27NO11/c1-5(19)16-8-11(22)9(20)6(3-17)25-14(8)27-13-10(21)7(4-18)26-15(24-2)12(13)23/h6-15,17-18,20-23H,3-4H2,1-2H3,(H,16,19)/t6-,7+,8+,9+,10+,11+,12+,13-,14+,15+/m1/s1. The highest BCUT2D eigenvalue weighted by molar-refractivity contribution is 5.73. The number of ether oxygens (including phenoxy) is 4. The zero-order chi connectivity index (χ0) is 20.3. The summed E-state index contributed by atoms with van der Waals surface area (Å²) in [5.74, 6) is -0.554. The molecule has 1 amide bonds. The van der Waals surface area contributed by atoms with Crippen LogP contribution in [-0.4, -0.2) is 118 Å². The van der Waals surface area contributed by atoms with Crippen LogP contribution in [0.3, 0.4) is 0 Å². The Morgan fingerprint density at radius 3 is 2.00 bits per heavy atom. The van der Waals surface area contributed by atoms with Crippen LogP contribution in [0.15, 0.2) is 0 Å². The van der Waals surface area contributed by atoms with E-state index in [1.165, 1.54) is 14.0 Å². The molecule has 0 aromatic carbocycles. The van der Waals surface area contributed by atoms with Gasteiger partial charge in [0.25, 0.3) is 0 Å². The minimum atomic E-state index is -1.55. The summed E-state index contributed by atoms with van der Waals surface area (Å²) >= 11 is 0. The van der Waals surface area contributed by atoms with Crippen LogP contribution in [-0.2, 0) is 23.7 Å². The Morgan fingerprint density at radius 2 is 1.48 bits per heavy atom. The van der Waals surface area contributed by atoms with E-state index in [1.807, 2.05) is 0 Å². The fourth-order valence-electron chi connectivity index (χ4n) is 3.15. The summed E-state index contributed by atoms with van der Waals surface area (Å²) in [6.07, 6.45) is -12.4. The second-order valence-corrected chi connectivity index (χ2v) is 6.48. The molecule has 12 nitrogen and oxygen atoms in total. The minimum Gasteiger partial charge on any atom is -0.394 e. The molecule has 10 atom stereocenters. The third kappa shape index (κ3) is 4.74. The van der Waals surface area contributed by atoms with E-state index in [2.05, 4.69) is 5.32 Å². The average molecular weight is 397 g/mol. The highest BCUT2D eigenvalue weighted by Gasteiger charge is 2.51. The second kappa shape index (κ2) is 9.52. The lowest BCUT2D eigenvalue weighted by Gasteiger charge is -2.46. The molecule has 0 aromatic rings. The van der Waals surface area contributed by atoms with Gasteiger partial charge in [-0.25, -0.2) is 0 Å². The quantitative estimate of drug-likeness (QED) is 0.228.